The van der Waals surface area contributed by atoms with Gasteiger partial charge in [-0.05, 0) is 48.4 Å². The van der Waals surface area contributed by atoms with Gasteiger partial charge in [0, 0.05) is 31.9 Å². The van der Waals surface area contributed by atoms with Gasteiger partial charge in [0.15, 0.2) is 0 Å². The van der Waals surface area contributed by atoms with Gasteiger partial charge in [-0.2, -0.15) is 0 Å². The van der Waals surface area contributed by atoms with Crippen LogP contribution < -0.4 is 4.90 Å². The van der Waals surface area contributed by atoms with E-state index in [0.717, 1.165) is 5.92 Å². The summed E-state index contributed by atoms with van der Waals surface area (Å²) in [7, 11) is 2.22. The number of nitrogens with zero attached hydrogens (tertiary/aromatic N) is 2. The summed E-state index contributed by atoms with van der Waals surface area (Å²) < 4.78 is 0. The van der Waals surface area contributed by atoms with Gasteiger partial charge in [0.05, 0.1) is 0 Å². The van der Waals surface area contributed by atoms with Crippen molar-refractivity contribution < 1.29 is 0 Å². The Balaban J connectivity index is 1.90. The quantitative estimate of drug-likeness (QED) is 0.811. The lowest BCUT2D eigenvalue weighted by molar-refractivity contribution is 0.312. The summed E-state index contributed by atoms with van der Waals surface area (Å²) >= 11 is 0. The molecule has 0 spiro atoms. The maximum absolute atomic E-state index is 2.60. The van der Waals surface area contributed by atoms with E-state index < -0.39 is 0 Å². The van der Waals surface area contributed by atoms with Gasteiger partial charge >= 0.3 is 0 Å². The molecule has 0 unspecified atom stereocenters. The average molecular weight is 272 g/mol. The van der Waals surface area contributed by atoms with Crippen molar-refractivity contribution in [3.05, 3.63) is 29.3 Å². The predicted molar refractivity (Wildman–Crippen MR) is 86.8 cm³/mol. The van der Waals surface area contributed by atoms with Gasteiger partial charge in [0.2, 0.25) is 0 Å². The van der Waals surface area contributed by atoms with Crippen molar-refractivity contribution in [1.82, 2.24) is 4.90 Å². The smallest absolute Gasteiger partial charge is 0.0402 e. The predicted octanol–water partition coefficient (Wildman–Crippen LogP) is 3.61. The minimum Gasteiger partial charge on any atom is -0.369 e. The molecule has 0 radical (unpaired) electrons. The molecule has 0 aromatic heterocycles. The normalized spacial score (nSPS) is 21.3. The van der Waals surface area contributed by atoms with Gasteiger partial charge in [-0.3, -0.25) is 0 Å². The van der Waals surface area contributed by atoms with E-state index in [2.05, 4.69) is 55.8 Å². The van der Waals surface area contributed by atoms with Crippen LogP contribution in [0.1, 0.15) is 50.7 Å². The Morgan fingerprint density at radius 3 is 2.20 bits per heavy atom. The van der Waals surface area contributed by atoms with Crippen molar-refractivity contribution in [3.63, 3.8) is 0 Å². The molecule has 20 heavy (non-hydrogen) atoms. The SMILES string of the molecule is CN1CCN(c2ccc(C(C)(C)C)cc2C2CC2)CC1. The zero-order chi connectivity index (χ0) is 14.3. The van der Waals surface area contributed by atoms with E-state index in [1.807, 2.05) is 0 Å². The van der Waals surface area contributed by atoms with E-state index >= 15 is 0 Å². The van der Waals surface area contributed by atoms with E-state index in [1.54, 1.807) is 5.56 Å². The fourth-order valence-electron chi connectivity index (χ4n) is 3.08. The standard InChI is InChI=1S/C18H28N2/c1-18(2,3)15-7-8-17(16(13-15)14-5-6-14)20-11-9-19(4)10-12-20/h7-8,13-14H,5-6,9-12H2,1-4H3. The zero-order valence-corrected chi connectivity index (χ0v) is 13.4. The van der Waals surface area contributed by atoms with E-state index in [-0.39, 0.29) is 5.41 Å². The van der Waals surface area contributed by atoms with Crippen molar-refractivity contribution in [2.45, 2.75) is 44.9 Å². The van der Waals surface area contributed by atoms with Crippen molar-refractivity contribution in [2.75, 3.05) is 38.1 Å². The number of hydrogen-bond donors (Lipinski definition) is 0. The first-order valence-electron chi connectivity index (χ1n) is 8.03. The van der Waals surface area contributed by atoms with Crippen molar-refractivity contribution in [3.8, 4) is 0 Å². The summed E-state index contributed by atoms with van der Waals surface area (Å²) in [6.07, 6.45) is 2.77. The zero-order valence-electron chi connectivity index (χ0n) is 13.4. The number of piperazine rings is 1. The molecule has 0 bridgehead atoms. The van der Waals surface area contributed by atoms with Crippen LogP contribution in [-0.2, 0) is 5.41 Å². The van der Waals surface area contributed by atoms with Crippen LogP contribution in [0.2, 0.25) is 0 Å². The van der Waals surface area contributed by atoms with Crippen LogP contribution in [-0.4, -0.2) is 38.1 Å². The van der Waals surface area contributed by atoms with Crippen LogP contribution in [0.3, 0.4) is 0 Å². The molecule has 2 heteroatoms. The van der Waals surface area contributed by atoms with E-state index in [1.165, 1.54) is 50.3 Å². The van der Waals surface area contributed by atoms with Gasteiger partial charge in [0.25, 0.3) is 0 Å². The molecule has 1 aliphatic heterocycles. The summed E-state index contributed by atoms with van der Waals surface area (Å²) in [5.41, 5.74) is 4.86. The molecule has 1 aliphatic carbocycles. The molecule has 110 valence electrons. The molecule has 1 aromatic carbocycles. The van der Waals surface area contributed by atoms with Crippen molar-refractivity contribution in [1.29, 1.82) is 0 Å². The molecule has 0 N–H and O–H groups in total. The molecule has 1 saturated heterocycles. The van der Waals surface area contributed by atoms with Gasteiger partial charge in [-0.1, -0.05) is 32.9 Å². The third-order valence-electron chi connectivity index (χ3n) is 4.75. The maximum atomic E-state index is 2.60. The number of benzene rings is 1. The fraction of sp³-hybridized carbons (Fsp3) is 0.667. The number of likely N-dealkylation sites (N-methyl/N-ethyl adjacent to an activating group) is 1. The lowest BCUT2D eigenvalue weighted by Gasteiger charge is -2.36. The summed E-state index contributed by atoms with van der Waals surface area (Å²) in [6.45, 7) is 11.7. The molecule has 2 fully saturated rings. The van der Waals surface area contributed by atoms with Crippen LogP contribution >= 0.6 is 0 Å². The largest absolute Gasteiger partial charge is 0.369 e. The summed E-state index contributed by atoms with van der Waals surface area (Å²) in [4.78, 5) is 5.02. The molecule has 1 heterocycles. The van der Waals surface area contributed by atoms with Crippen LogP contribution in [0, 0.1) is 0 Å². The molecule has 3 rings (SSSR count). The monoisotopic (exact) mass is 272 g/mol. The van der Waals surface area contributed by atoms with E-state index in [4.69, 9.17) is 0 Å². The van der Waals surface area contributed by atoms with E-state index in [9.17, 15) is 0 Å². The van der Waals surface area contributed by atoms with Crippen LogP contribution in [0.25, 0.3) is 0 Å². The molecular weight excluding hydrogens is 244 g/mol. The van der Waals surface area contributed by atoms with Gasteiger partial charge < -0.3 is 9.80 Å². The molecule has 1 saturated carbocycles. The minimum atomic E-state index is 0.254. The Kier molecular flexibility index (Phi) is 3.53. The number of anilines is 1. The third kappa shape index (κ3) is 2.85. The second kappa shape index (κ2) is 5.07. The molecule has 0 amide bonds. The second-order valence-electron chi connectivity index (χ2n) is 7.59. The lowest BCUT2D eigenvalue weighted by atomic mass is 9.85. The Morgan fingerprint density at radius 1 is 1.00 bits per heavy atom. The molecular formula is C18H28N2. The van der Waals surface area contributed by atoms with Crippen LogP contribution in [0.15, 0.2) is 18.2 Å². The lowest BCUT2D eigenvalue weighted by Crippen LogP contribution is -2.44. The summed E-state index contributed by atoms with van der Waals surface area (Å²) in [5, 5.41) is 0. The summed E-state index contributed by atoms with van der Waals surface area (Å²) in [6, 6.07) is 7.23. The Labute approximate surface area is 123 Å². The van der Waals surface area contributed by atoms with Crippen LogP contribution in [0.4, 0.5) is 5.69 Å². The molecule has 2 aliphatic rings. The van der Waals surface area contributed by atoms with Crippen molar-refractivity contribution >= 4 is 5.69 Å². The highest BCUT2D eigenvalue weighted by molar-refractivity contribution is 5.58. The van der Waals surface area contributed by atoms with E-state index in [0.29, 0.717) is 0 Å². The highest BCUT2D eigenvalue weighted by Crippen LogP contribution is 2.45. The Morgan fingerprint density at radius 2 is 1.65 bits per heavy atom. The first kappa shape index (κ1) is 13.9. The van der Waals surface area contributed by atoms with Gasteiger partial charge in [-0.15, -0.1) is 0 Å². The molecule has 2 nitrogen and oxygen atoms in total. The summed E-state index contributed by atoms with van der Waals surface area (Å²) in [5.74, 6) is 0.826. The number of rotatable bonds is 2. The number of hydrogen-bond acceptors (Lipinski definition) is 2. The Hall–Kier alpha value is -1.02. The van der Waals surface area contributed by atoms with Crippen LogP contribution in [0.5, 0.6) is 0 Å². The first-order valence-corrected chi connectivity index (χ1v) is 8.03. The maximum Gasteiger partial charge on any atom is 0.0402 e. The van der Waals surface area contributed by atoms with Gasteiger partial charge in [0.1, 0.15) is 0 Å². The highest BCUT2D eigenvalue weighted by Gasteiger charge is 2.30. The average Bonchev–Trinajstić information content (AvgIpc) is 3.22. The highest BCUT2D eigenvalue weighted by atomic mass is 15.2. The third-order valence-corrected chi connectivity index (χ3v) is 4.75. The fourth-order valence-corrected chi connectivity index (χ4v) is 3.08. The molecule has 0 atom stereocenters. The minimum absolute atomic E-state index is 0.254. The van der Waals surface area contributed by atoms with Crippen molar-refractivity contribution in [2.24, 2.45) is 0 Å². The first-order chi connectivity index (χ1) is 9.45. The van der Waals surface area contributed by atoms with Gasteiger partial charge in [-0.25, -0.2) is 0 Å². The molecule has 1 aromatic rings. The Bertz CT molecular complexity index is 475. The topological polar surface area (TPSA) is 6.48 Å². The second-order valence-corrected chi connectivity index (χ2v) is 7.59.